The van der Waals surface area contributed by atoms with Crippen molar-refractivity contribution in [3.8, 4) is 6.07 Å². The van der Waals surface area contributed by atoms with Crippen LogP contribution in [-0.4, -0.2) is 11.8 Å². The number of nitriles is 1. The normalized spacial score (nSPS) is 16.8. The molecule has 1 fully saturated rings. The monoisotopic (exact) mass is 263 g/mol. The van der Waals surface area contributed by atoms with Crippen molar-refractivity contribution < 1.29 is 9.59 Å². The van der Waals surface area contributed by atoms with Crippen molar-refractivity contribution in [3.05, 3.63) is 22.4 Å². The van der Waals surface area contributed by atoms with E-state index in [9.17, 15) is 9.59 Å². The predicted molar refractivity (Wildman–Crippen MR) is 66.4 cm³/mol. The van der Waals surface area contributed by atoms with Gasteiger partial charge in [-0.05, 0) is 24.3 Å². The highest BCUT2D eigenvalue weighted by molar-refractivity contribution is 7.12. The first kappa shape index (κ1) is 12.6. The molecule has 0 aliphatic heterocycles. The van der Waals surface area contributed by atoms with E-state index >= 15 is 0 Å². The fourth-order valence-corrected chi connectivity index (χ4v) is 2.69. The van der Waals surface area contributed by atoms with Crippen molar-refractivity contribution in [1.29, 1.82) is 5.26 Å². The Bertz CT molecular complexity index is 484. The van der Waals surface area contributed by atoms with Crippen molar-refractivity contribution in [2.45, 2.75) is 25.7 Å². The number of nitrogens with zero attached hydrogens (tertiary/aromatic N) is 1. The second kappa shape index (κ2) is 5.19. The van der Waals surface area contributed by atoms with E-state index in [-0.39, 0.29) is 5.91 Å². The summed E-state index contributed by atoms with van der Waals surface area (Å²) in [5.41, 5.74) is 3.72. The van der Waals surface area contributed by atoms with Gasteiger partial charge in [-0.1, -0.05) is 18.9 Å². The van der Waals surface area contributed by atoms with Crippen LogP contribution in [0.4, 0.5) is 0 Å². The van der Waals surface area contributed by atoms with Gasteiger partial charge in [0.1, 0.15) is 5.41 Å². The topological polar surface area (TPSA) is 82.0 Å². The fraction of sp³-hybridized carbons (Fsp3) is 0.417. The minimum Gasteiger partial charge on any atom is -0.271 e. The van der Waals surface area contributed by atoms with Crippen molar-refractivity contribution in [2.24, 2.45) is 5.41 Å². The molecule has 0 unspecified atom stereocenters. The van der Waals surface area contributed by atoms with Crippen LogP contribution >= 0.6 is 11.3 Å². The molecule has 94 valence electrons. The standard InChI is InChI=1S/C12H13N3O2S/c13-8-12(5-1-2-6-12)11(17)15-14-10(16)9-4-3-7-18-9/h3-4,7H,1-2,5-6H2,(H,14,16)(H,15,17). The van der Waals surface area contributed by atoms with Gasteiger partial charge < -0.3 is 0 Å². The highest BCUT2D eigenvalue weighted by Gasteiger charge is 2.41. The third-order valence-corrected chi connectivity index (χ3v) is 4.01. The first-order valence-electron chi connectivity index (χ1n) is 5.73. The Kier molecular flexibility index (Phi) is 3.63. The van der Waals surface area contributed by atoms with Crippen LogP contribution in [0.25, 0.3) is 0 Å². The minimum atomic E-state index is -0.970. The van der Waals surface area contributed by atoms with Crippen molar-refractivity contribution in [3.63, 3.8) is 0 Å². The van der Waals surface area contributed by atoms with E-state index in [1.54, 1.807) is 17.5 Å². The zero-order chi connectivity index (χ0) is 13.0. The maximum absolute atomic E-state index is 11.9. The molecule has 2 N–H and O–H groups in total. The van der Waals surface area contributed by atoms with E-state index in [4.69, 9.17) is 5.26 Å². The smallest absolute Gasteiger partial charge is 0.271 e. The molecule has 1 saturated carbocycles. The summed E-state index contributed by atoms with van der Waals surface area (Å²) in [6.07, 6.45) is 2.87. The molecule has 1 aliphatic rings. The number of thiophene rings is 1. The van der Waals surface area contributed by atoms with Crippen LogP contribution in [-0.2, 0) is 4.79 Å². The van der Waals surface area contributed by atoms with Gasteiger partial charge in [-0.3, -0.25) is 20.4 Å². The summed E-state index contributed by atoms with van der Waals surface area (Å²) in [6, 6.07) is 5.50. The van der Waals surface area contributed by atoms with Crippen LogP contribution < -0.4 is 10.9 Å². The van der Waals surface area contributed by atoms with E-state index in [1.807, 2.05) is 0 Å². The van der Waals surface area contributed by atoms with E-state index in [0.29, 0.717) is 17.7 Å². The van der Waals surface area contributed by atoms with Gasteiger partial charge in [0.25, 0.3) is 11.8 Å². The molecule has 2 rings (SSSR count). The molecule has 0 aromatic carbocycles. The molecule has 18 heavy (non-hydrogen) atoms. The molecule has 0 atom stereocenters. The minimum absolute atomic E-state index is 0.357. The molecule has 6 heteroatoms. The van der Waals surface area contributed by atoms with Gasteiger partial charge >= 0.3 is 0 Å². The average molecular weight is 263 g/mol. The molecule has 2 amide bonds. The molecule has 1 heterocycles. The van der Waals surface area contributed by atoms with Crippen LogP contribution in [0.1, 0.15) is 35.4 Å². The number of hydrogen-bond donors (Lipinski definition) is 2. The lowest BCUT2D eigenvalue weighted by atomic mass is 9.87. The largest absolute Gasteiger partial charge is 0.279 e. The zero-order valence-electron chi connectivity index (χ0n) is 9.73. The SMILES string of the molecule is N#CC1(C(=O)NNC(=O)c2cccs2)CCCC1. The number of nitrogens with one attached hydrogen (secondary N) is 2. The maximum atomic E-state index is 11.9. The molecule has 0 saturated heterocycles. The third kappa shape index (κ3) is 2.36. The Labute approximate surface area is 109 Å². The van der Waals surface area contributed by atoms with E-state index in [1.165, 1.54) is 11.3 Å². The number of carbonyl (C=O) groups is 2. The summed E-state index contributed by atoms with van der Waals surface area (Å²) in [6.45, 7) is 0. The van der Waals surface area contributed by atoms with Gasteiger partial charge in [0, 0.05) is 0 Å². The van der Waals surface area contributed by atoms with Crippen LogP contribution in [0.5, 0.6) is 0 Å². The molecule has 5 nitrogen and oxygen atoms in total. The summed E-state index contributed by atoms with van der Waals surface area (Å²) in [5.74, 6) is -0.767. The van der Waals surface area contributed by atoms with Crippen LogP contribution in [0.3, 0.4) is 0 Å². The molecule has 1 aromatic rings. The predicted octanol–water partition coefficient (Wildman–Crippen LogP) is 1.59. The Morgan fingerprint density at radius 2 is 2.06 bits per heavy atom. The first-order chi connectivity index (χ1) is 8.68. The van der Waals surface area contributed by atoms with E-state index in [0.717, 1.165) is 12.8 Å². The van der Waals surface area contributed by atoms with Gasteiger partial charge in [-0.25, -0.2) is 0 Å². The highest BCUT2D eigenvalue weighted by atomic mass is 32.1. The van der Waals surface area contributed by atoms with Gasteiger partial charge in [0.05, 0.1) is 10.9 Å². The Morgan fingerprint density at radius 3 is 2.61 bits per heavy atom. The zero-order valence-corrected chi connectivity index (χ0v) is 10.5. The number of hydrazine groups is 1. The number of carbonyl (C=O) groups excluding carboxylic acids is 2. The number of hydrogen-bond acceptors (Lipinski definition) is 4. The molecule has 1 aliphatic carbocycles. The van der Waals surface area contributed by atoms with Gasteiger partial charge in [-0.15, -0.1) is 11.3 Å². The molecule has 0 radical (unpaired) electrons. The first-order valence-corrected chi connectivity index (χ1v) is 6.61. The second-order valence-electron chi connectivity index (χ2n) is 4.29. The summed E-state index contributed by atoms with van der Waals surface area (Å²) in [7, 11) is 0. The summed E-state index contributed by atoms with van der Waals surface area (Å²) in [4.78, 5) is 24.1. The van der Waals surface area contributed by atoms with Crippen molar-refractivity contribution >= 4 is 23.2 Å². The summed E-state index contributed by atoms with van der Waals surface area (Å²) in [5, 5.41) is 10.9. The molecular weight excluding hydrogens is 250 g/mol. The molecular formula is C12H13N3O2S. The summed E-state index contributed by atoms with van der Waals surface area (Å²) >= 11 is 1.29. The number of rotatable bonds is 2. The Morgan fingerprint density at radius 1 is 1.33 bits per heavy atom. The van der Waals surface area contributed by atoms with Crippen molar-refractivity contribution in [2.75, 3.05) is 0 Å². The quantitative estimate of drug-likeness (QED) is 0.795. The van der Waals surface area contributed by atoms with Crippen LogP contribution in [0.2, 0.25) is 0 Å². The Balaban J connectivity index is 1.93. The van der Waals surface area contributed by atoms with E-state index in [2.05, 4.69) is 16.9 Å². The Hall–Kier alpha value is -1.87. The van der Waals surface area contributed by atoms with Gasteiger partial charge in [-0.2, -0.15) is 5.26 Å². The van der Waals surface area contributed by atoms with Crippen LogP contribution in [0, 0.1) is 16.7 Å². The number of amides is 2. The lowest BCUT2D eigenvalue weighted by Gasteiger charge is -2.19. The lowest BCUT2D eigenvalue weighted by molar-refractivity contribution is -0.128. The fourth-order valence-electron chi connectivity index (χ4n) is 2.07. The average Bonchev–Trinajstić information content (AvgIpc) is 3.06. The maximum Gasteiger partial charge on any atom is 0.279 e. The van der Waals surface area contributed by atoms with Gasteiger partial charge in [0.15, 0.2) is 0 Å². The van der Waals surface area contributed by atoms with Gasteiger partial charge in [0.2, 0.25) is 0 Å². The second-order valence-corrected chi connectivity index (χ2v) is 5.23. The highest BCUT2D eigenvalue weighted by Crippen LogP contribution is 2.37. The van der Waals surface area contributed by atoms with E-state index < -0.39 is 11.3 Å². The molecule has 0 spiro atoms. The third-order valence-electron chi connectivity index (χ3n) is 3.14. The lowest BCUT2D eigenvalue weighted by Crippen LogP contribution is -2.48. The molecule has 0 bridgehead atoms. The van der Waals surface area contributed by atoms with Crippen LogP contribution in [0.15, 0.2) is 17.5 Å². The summed E-state index contributed by atoms with van der Waals surface area (Å²) < 4.78 is 0. The molecule has 1 aromatic heterocycles. The van der Waals surface area contributed by atoms with Crippen molar-refractivity contribution in [1.82, 2.24) is 10.9 Å².